The van der Waals surface area contributed by atoms with Gasteiger partial charge in [0, 0.05) is 30.5 Å². The lowest BCUT2D eigenvalue weighted by Crippen LogP contribution is -2.44. The fraction of sp³-hybridized carbons (Fsp3) is 0.500. The Labute approximate surface area is 94.3 Å². The average Bonchev–Trinajstić information content (AvgIpc) is 2.58. The van der Waals surface area contributed by atoms with E-state index in [2.05, 4.69) is 4.98 Å². The van der Waals surface area contributed by atoms with Crippen LogP contribution in [0.1, 0.15) is 37.0 Å². The van der Waals surface area contributed by atoms with Crippen LogP contribution in [0.2, 0.25) is 0 Å². The second-order valence-corrected chi connectivity index (χ2v) is 4.80. The molecule has 2 heterocycles. The van der Waals surface area contributed by atoms with E-state index >= 15 is 0 Å². The molecule has 1 aromatic heterocycles. The molecule has 1 amide bonds. The van der Waals surface area contributed by atoms with Gasteiger partial charge in [0.25, 0.3) is 5.91 Å². The third kappa shape index (κ3) is 1.75. The maximum absolute atomic E-state index is 12.2. The average molecular weight is 220 g/mol. The second kappa shape index (κ2) is 3.77. The van der Waals surface area contributed by atoms with Crippen molar-refractivity contribution in [2.45, 2.75) is 32.2 Å². The van der Waals surface area contributed by atoms with Gasteiger partial charge in [-0.2, -0.15) is 0 Å². The molecule has 0 aliphatic carbocycles. The molecule has 16 heavy (non-hydrogen) atoms. The number of carbonyl (C=O) groups is 1. The van der Waals surface area contributed by atoms with Crippen molar-refractivity contribution in [2.75, 3.05) is 6.54 Å². The summed E-state index contributed by atoms with van der Waals surface area (Å²) in [5, 5.41) is 0. The van der Waals surface area contributed by atoms with Crippen LogP contribution >= 0.6 is 0 Å². The molecule has 2 rings (SSSR count). The van der Waals surface area contributed by atoms with E-state index in [1.54, 1.807) is 4.90 Å². The smallest absolute Gasteiger partial charge is 0.259 e. The van der Waals surface area contributed by atoms with Gasteiger partial charge in [-0.15, -0.1) is 0 Å². The van der Waals surface area contributed by atoms with Crippen molar-refractivity contribution in [3.05, 3.63) is 34.2 Å². The number of carbonyl (C=O) groups excluding carboxylic acids is 1. The van der Waals surface area contributed by atoms with Crippen LogP contribution in [-0.2, 0) is 0 Å². The zero-order valence-corrected chi connectivity index (χ0v) is 9.62. The minimum atomic E-state index is -0.216. The van der Waals surface area contributed by atoms with Crippen molar-refractivity contribution in [1.29, 1.82) is 0 Å². The lowest BCUT2D eigenvalue weighted by Gasteiger charge is -2.31. The number of aromatic amines is 1. The molecule has 0 saturated carbocycles. The van der Waals surface area contributed by atoms with Gasteiger partial charge in [0.1, 0.15) is 5.56 Å². The number of nitrogens with one attached hydrogen (secondary N) is 1. The molecule has 86 valence electrons. The third-order valence-corrected chi connectivity index (χ3v) is 3.20. The Kier molecular flexibility index (Phi) is 2.58. The fourth-order valence-electron chi connectivity index (χ4n) is 2.21. The zero-order chi connectivity index (χ0) is 11.8. The highest BCUT2D eigenvalue weighted by Gasteiger charge is 2.36. The summed E-state index contributed by atoms with van der Waals surface area (Å²) in [7, 11) is 0. The number of H-pyrrole nitrogens is 1. The van der Waals surface area contributed by atoms with Crippen molar-refractivity contribution in [1.82, 2.24) is 9.88 Å². The molecule has 4 heteroatoms. The largest absolute Gasteiger partial charge is 0.367 e. The standard InChI is InChI=1S/C12H16N2O2/c1-12(2)5-3-7-14(12)11(16)9-8-13-6-4-10(9)15/h4,6,8H,3,5,7H2,1-2H3,(H,13,15). The number of nitrogens with zero attached hydrogens (tertiary/aromatic N) is 1. The van der Waals surface area contributed by atoms with E-state index in [0.29, 0.717) is 0 Å². The highest BCUT2D eigenvalue weighted by Crippen LogP contribution is 2.28. The maximum atomic E-state index is 12.2. The molecule has 1 aromatic rings. The molecule has 0 spiro atoms. The third-order valence-electron chi connectivity index (χ3n) is 3.20. The van der Waals surface area contributed by atoms with E-state index in [-0.39, 0.29) is 22.4 Å². The van der Waals surface area contributed by atoms with E-state index in [4.69, 9.17) is 0 Å². The minimum absolute atomic E-state index is 0.140. The Balaban J connectivity index is 2.33. The van der Waals surface area contributed by atoms with Crippen molar-refractivity contribution >= 4 is 5.91 Å². The van der Waals surface area contributed by atoms with Crippen LogP contribution in [0.5, 0.6) is 0 Å². The fourth-order valence-corrected chi connectivity index (χ4v) is 2.21. The molecular formula is C12H16N2O2. The number of likely N-dealkylation sites (tertiary alicyclic amines) is 1. The highest BCUT2D eigenvalue weighted by atomic mass is 16.2. The van der Waals surface area contributed by atoms with Gasteiger partial charge < -0.3 is 9.88 Å². The minimum Gasteiger partial charge on any atom is -0.367 e. The lowest BCUT2D eigenvalue weighted by molar-refractivity contribution is 0.0650. The maximum Gasteiger partial charge on any atom is 0.259 e. The van der Waals surface area contributed by atoms with Gasteiger partial charge in [-0.05, 0) is 26.7 Å². The molecule has 0 atom stereocenters. The Morgan fingerprint density at radius 1 is 1.50 bits per heavy atom. The van der Waals surface area contributed by atoms with Crippen LogP contribution in [0.4, 0.5) is 0 Å². The Morgan fingerprint density at radius 2 is 2.25 bits per heavy atom. The Bertz CT molecular complexity index is 462. The first-order valence-electron chi connectivity index (χ1n) is 5.51. The number of aromatic nitrogens is 1. The molecule has 1 aliphatic rings. The number of rotatable bonds is 1. The van der Waals surface area contributed by atoms with Crippen LogP contribution in [0.15, 0.2) is 23.3 Å². The molecule has 1 N–H and O–H groups in total. The molecule has 0 aromatic carbocycles. The second-order valence-electron chi connectivity index (χ2n) is 4.80. The first-order valence-corrected chi connectivity index (χ1v) is 5.51. The van der Waals surface area contributed by atoms with Gasteiger partial charge in [0.15, 0.2) is 5.43 Å². The van der Waals surface area contributed by atoms with E-state index in [9.17, 15) is 9.59 Å². The quantitative estimate of drug-likeness (QED) is 0.777. The molecule has 0 bridgehead atoms. The zero-order valence-electron chi connectivity index (χ0n) is 9.62. The van der Waals surface area contributed by atoms with E-state index < -0.39 is 0 Å². The first kappa shape index (κ1) is 10.9. The Hall–Kier alpha value is -1.58. The van der Waals surface area contributed by atoms with Crippen LogP contribution < -0.4 is 5.43 Å². The number of amides is 1. The molecule has 4 nitrogen and oxygen atoms in total. The van der Waals surface area contributed by atoms with E-state index in [1.807, 2.05) is 13.8 Å². The predicted molar refractivity (Wildman–Crippen MR) is 61.4 cm³/mol. The molecule has 0 radical (unpaired) electrons. The van der Waals surface area contributed by atoms with Crippen LogP contribution in [0, 0.1) is 0 Å². The predicted octanol–water partition coefficient (Wildman–Crippen LogP) is 1.39. The van der Waals surface area contributed by atoms with Crippen LogP contribution in [0.3, 0.4) is 0 Å². The van der Waals surface area contributed by atoms with Crippen molar-refractivity contribution < 1.29 is 4.79 Å². The number of hydrogen-bond donors (Lipinski definition) is 1. The summed E-state index contributed by atoms with van der Waals surface area (Å²) >= 11 is 0. The van der Waals surface area contributed by atoms with Gasteiger partial charge in [-0.25, -0.2) is 0 Å². The van der Waals surface area contributed by atoms with Gasteiger partial charge >= 0.3 is 0 Å². The monoisotopic (exact) mass is 220 g/mol. The van der Waals surface area contributed by atoms with E-state index in [0.717, 1.165) is 19.4 Å². The molecule has 1 aliphatic heterocycles. The summed E-state index contributed by atoms with van der Waals surface area (Å²) < 4.78 is 0. The summed E-state index contributed by atoms with van der Waals surface area (Å²) in [6.45, 7) is 4.81. The van der Waals surface area contributed by atoms with Gasteiger partial charge in [-0.1, -0.05) is 0 Å². The summed E-state index contributed by atoms with van der Waals surface area (Å²) in [5.41, 5.74) is -0.122. The van der Waals surface area contributed by atoms with Gasteiger partial charge in [-0.3, -0.25) is 9.59 Å². The van der Waals surface area contributed by atoms with Crippen LogP contribution in [0.25, 0.3) is 0 Å². The summed E-state index contributed by atoms with van der Waals surface area (Å²) in [6.07, 6.45) is 5.01. The topological polar surface area (TPSA) is 53.2 Å². The summed E-state index contributed by atoms with van der Waals surface area (Å²) in [6, 6.07) is 1.39. The first-order chi connectivity index (χ1) is 7.52. The Morgan fingerprint density at radius 3 is 2.81 bits per heavy atom. The van der Waals surface area contributed by atoms with E-state index in [1.165, 1.54) is 18.5 Å². The number of pyridine rings is 1. The van der Waals surface area contributed by atoms with Gasteiger partial charge in [0.05, 0.1) is 0 Å². The lowest BCUT2D eigenvalue weighted by atomic mass is 10.0. The highest BCUT2D eigenvalue weighted by molar-refractivity contribution is 5.94. The normalized spacial score (nSPS) is 18.8. The SMILES string of the molecule is CC1(C)CCCN1C(=O)c1c[nH]ccc1=O. The van der Waals surface area contributed by atoms with Crippen molar-refractivity contribution in [3.8, 4) is 0 Å². The molecule has 1 fully saturated rings. The summed E-state index contributed by atoms with van der Waals surface area (Å²) in [4.78, 5) is 28.3. The van der Waals surface area contributed by atoms with Gasteiger partial charge in [0.2, 0.25) is 0 Å². The molecule has 1 saturated heterocycles. The van der Waals surface area contributed by atoms with Crippen molar-refractivity contribution in [3.63, 3.8) is 0 Å². The summed E-state index contributed by atoms with van der Waals surface area (Å²) in [5.74, 6) is -0.163. The molecular weight excluding hydrogens is 204 g/mol. The molecule has 0 unspecified atom stereocenters. The van der Waals surface area contributed by atoms with Crippen molar-refractivity contribution in [2.24, 2.45) is 0 Å². The van der Waals surface area contributed by atoms with Crippen LogP contribution in [-0.4, -0.2) is 27.9 Å². The number of hydrogen-bond acceptors (Lipinski definition) is 2.